The first-order valence-corrected chi connectivity index (χ1v) is 9.08. The Bertz CT molecular complexity index is 1050. The molecule has 0 saturated heterocycles. The molecule has 0 spiro atoms. The molecule has 1 amide bonds. The molecule has 3 aromatic rings. The lowest BCUT2D eigenvalue weighted by Gasteiger charge is -2.24. The van der Waals surface area contributed by atoms with Crippen LogP contribution in [0.1, 0.15) is 41.3 Å². The maximum absolute atomic E-state index is 12.9. The molecule has 0 unspecified atom stereocenters. The Morgan fingerprint density at radius 1 is 1.27 bits per heavy atom. The van der Waals surface area contributed by atoms with Crippen LogP contribution < -0.4 is 5.73 Å². The van der Waals surface area contributed by atoms with E-state index in [1.54, 1.807) is 10.6 Å². The molecule has 26 heavy (non-hydrogen) atoms. The summed E-state index contributed by atoms with van der Waals surface area (Å²) >= 11 is 0. The van der Waals surface area contributed by atoms with Gasteiger partial charge in [-0.3, -0.25) is 4.79 Å². The van der Waals surface area contributed by atoms with E-state index in [-0.39, 0.29) is 5.91 Å². The van der Waals surface area contributed by atoms with Gasteiger partial charge in [-0.25, -0.2) is 9.50 Å². The minimum atomic E-state index is 0.176. The zero-order valence-corrected chi connectivity index (χ0v) is 14.9. The van der Waals surface area contributed by atoms with Crippen LogP contribution in [0.15, 0.2) is 30.5 Å². The van der Waals surface area contributed by atoms with Gasteiger partial charge in [-0.15, -0.1) is 5.10 Å². The first-order valence-electron chi connectivity index (χ1n) is 9.08. The zero-order chi connectivity index (χ0) is 18.0. The number of nitrogens with two attached hydrogens (primary N) is 1. The standard InChI is InChI=1S/C20H21N5O/c1-11-7-14(16-5-6-25-18(22-16)9-17(21)23-25)8-15-10-24(20(26)19(11)15)12(2)13-3-4-13/h5-9,12-13H,3-4,10H2,1-2H3,(H2,21,23)/t12-/m0/s1. The summed E-state index contributed by atoms with van der Waals surface area (Å²) < 4.78 is 1.67. The van der Waals surface area contributed by atoms with Crippen molar-refractivity contribution in [3.05, 3.63) is 47.2 Å². The number of anilines is 1. The van der Waals surface area contributed by atoms with Crippen molar-refractivity contribution in [3.63, 3.8) is 0 Å². The topological polar surface area (TPSA) is 76.5 Å². The van der Waals surface area contributed by atoms with Gasteiger partial charge in [0.05, 0.1) is 5.69 Å². The van der Waals surface area contributed by atoms with Crippen LogP contribution >= 0.6 is 0 Å². The van der Waals surface area contributed by atoms with Crippen LogP contribution in [0.2, 0.25) is 0 Å². The minimum absolute atomic E-state index is 0.176. The second-order valence-electron chi connectivity index (χ2n) is 7.52. The van der Waals surface area contributed by atoms with Crippen molar-refractivity contribution in [1.29, 1.82) is 0 Å². The van der Waals surface area contributed by atoms with Gasteiger partial charge in [-0.05, 0) is 61.9 Å². The van der Waals surface area contributed by atoms with E-state index >= 15 is 0 Å². The lowest BCUT2D eigenvalue weighted by molar-refractivity contribution is 0.0697. The van der Waals surface area contributed by atoms with Gasteiger partial charge in [0.1, 0.15) is 5.82 Å². The fraction of sp³-hybridized carbons (Fsp3) is 0.350. The second kappa shape index (κ2) is 5.30. The van der Waals surface area contributed by atoms with Gasteiger partial charge in [0.25, 0.3) is 5.91 Å². The predicted molar refractivity (Wildman–Crippen MR) is 99.6 cm³/mol. The van der Waals surface area contributed by atoms with E-state index in [1.807, 2.05) is 24.1 Å². The molecule has 1 aliphatic carbocycles. The van der Waals surface area contributed by atoms with E-state index in [1.165, 1.54) is 12.8 Å². The van der Waals surface area contributed by atoms with E-state index < -0.39 is 0 Å². The Kier molecular flexibility index (Phi) is 3.13. The molecule has 6 heteroatoms. The number of fused-ring (bicyclic) bond motifs is 2. The molecule has 6 nitrogen and oxygen atoms in total. The number of hydrogen-bond donors (Lipinski definition) is 1. The van der Waals surface area contributed by atoms with Crippen molar-refractivity contribution in [2.45, 2.75) is 39.3 Å². The summed E-state index contributed by atoms with van der Waals surface area (Å²) in [6, 6.07) is 8.18. The number of benzene rings is 1. The SMILES string of the molecule is Cc1cc(-c2ccn3nc(N)cc3n2)cc2c1C(=O)N([C@@H](C)C1CC1)C2. The lowest BCUT2D eigenvalue weighted by atomic mass is 9.99. The first-order chi connectivity index (χ1) is 12.5. The lowest BCUT2D eigenvalue weighted by Crippen LogP contribution is -2.34. The summed E-state index contributed by atoms with van der Waals surface area (Å²) in [5, 5.41) is 4.17. The Hall–Kier alpha value is -2.89. The number of aromatic nitrogens is 3. The summed E-state index contributed by atoms with van der Waals surface area (Å²) in [4.78, 5) is 19.6. The Morgan fingerprint density at radius 2 is 2.08 bits per heavy atom. The Labute approximate surface area is 151 Å². The third-order valence-corrected chi connectivity index (χ3v) is 5.67. The van der Waals surface area contributed by atoms with E-state index in [9.17, 15) is 4.79 Å². The molecule has 1 fully saturated rings. The highest BCUT2D eigenvalue weighted by atomic mass is 16.2. The van der Waals surface area contributed by atoms with Crippen molar-refractivity contribution >= 4 is 17.4 Å². The van der Waals surface area contributed by atoms with Crippen LogP contribution in [-0.2, 0) is 6.54 Å². The highest BCUT2D eigenvalue weighted by molar-refractivity contribution is 6.00. The van der Waals surface area contributed by atoms with Crippen molar-refractivity contribution in [2.75, 3.05) is 5.73 Å². The van der Waals surface area contributed by atoms with Gasteiger partial charge >= 0.3 is 0 Å². The zero-order valence-electron chi connectivity index (χ0n) is 14.9. The third-order valence-electron chi connectivity index (χ3n) is 5.67. The van der Waals surface area contributed by atoms with Gasteiger partial charge in [0, 0.05) is 36.0 Å². The van der Waals surface area contributed by atoms with Crippen molar-refractivity contribution in [3.8, 4) is 11.3 Å². The second-order valence-corrected chi connectivity index (χ2v) is 7.52. The molecule has 0 radical (unpaired) electrons. The quantitative estimate of drug-likeness (QED) is 0.790. The summed E-state index contributed by atoms with van der Waals surface area (Å²) in [5.74, 6) is 1.30. The molecule has 2 N–H and O–H groups in total. The number of hydrogen-bond acceptors (Lipinski definition) is 4. The molecule has 2 aliphatic rings. The highest BCUT2D eigenvalue weighted by Crippen LogP contribution is 2.39. The van der Waals surface area contributed by atoms with Crippen molar-refractivity contribution in [2.24, 2.45) is 5.92 Å². The molecule has 1 saturated carbocycles. The maximum Gasteiger partial charge on any atom is 0.255 e. The molecule has 132 valence electrons. The van der Waals surface area contributed by atoms with Crippen LogP contribution in [0.5, 0.6) is 0 Å². The molecule has 2 aromatic heterocycles. The maximum atomic E-state index is 12.9. The highest BCUT2D eigenvalue weighted by Gasteiger charge is 2.39. The van der Waals surface area contributed by atoms with Gasteiger partial charge in [0.15, 0.2) is 5.65 Å². The van der Waals surface area contributed by atoms with Gasteiger partial charge in [0.2, 0.25) is 0 Å². The molecular formula is C20H21N5O. The number of amides is 1. The van der Waals surface area contributed by atoms with E-state index in [0.717, 1.165) is 33.6 Å². The number of nitrogen functional groups attached to an aromatic ring is 1. The monoisotopic (exact) mass is 347 g/mol. The number of rotatable bonds is 3. The molecule has 1 aromatic carbocycles. The molecule has 1 aliphatic heterocycles. The molecule has 0 bridgehead atoms. The summed E-state index contributed by atoms with van der Waals surface area (Å²) in [6.45, 7) is 4.89. The van der Waals surface area contributed by atoms with Crippen LogP contribution in [0, 0.1) is 12.8 Å². The molecular weight excluding hydrogens is 326 g/mol. The van der Waals surface area contributed by atoms with Crippen molar-refractivity contribution in [1.82, 2.24) is 19.5 Å². The average molecular weight is 347 g/mol. The number of aryl methyl sites for hydroxylation is 1. The Balaban J connectivity index is 1.55. The van der Waals surface area contributed by atoms with Gasteiger partial charge < -0.3 is 10.6 Å². The number of carbonyl (C=O) groups is 1. The van der Waals surface area contributed by atoms with E-state index in [0.29, 0.717) is 24.3 Å². The number of nitrogens with zero attached hydrogens (tertiary/aromatic N) is 4. The third kappa shape index (κ3) is 2.29. The van der Waals surface area contributed by atoms with Crippen LogP contribution in [-0.4, -0.2) is 31.4 Å². The summed E-state index contributed by atoms with van der Waals surface area (Å²) in [7, 11) is 0. The van der Waals surface area contributed by atoms with Crippen molar-refractivity contribution < 1.29 is 4.79 Å². The fourth-order valence-electron chi connectivity index (χ4n) is 4.06. The first kappa shape index (κ1) is 15.4. The van der Waals surface area contributed by atoms with Gasteiger partial charge in [-0.1, -0.05) is 0 Å². The largest absolute Gasteiger partial charge is 0.382 e. The minimum Gasteiger partial charge on any atom is -0.382 e. The van der Waals surface area contributed by atoms with Crippen LogP contribution in [0.3, 0.4) is 0 Å². The molecule has 1 atom stereocenters. The van der Waals surface area contributed by atoms with Crippen LogP contribution in [0.4, 0.5) is 5.82 Å². The van der Waals surface area contributed by atoms with Crippen LogP contribution in [0.25, 0.3) is 16.9 Å². The van der Waals surface area contributed by atoms with E-state index in [4.69, 9.17) is 5.73 Å². The van der Waals surface area contributed by atoms with Gasteiger partial charge in [-0.2, -0.15) is 0 Å². The normalized spacial score (nSPS) is 17.8. The predicted octanol–water partition coefficient (Wildman–Crippen LogP) is 3.04. The summed E-state index contributed by atoms with van der Waals surface area (Å²) in [5.41, 5.74) is 11.4. The average Bonchev–Trinajstić information content (AvgIpc) is 3.31. The fourth-order valence-corrected chi connectivity index (χ4v) is 4.06. The Morgan fingerprint density at radius 3 is 2.85 bits per heavy atom. The smallest absolute Gasteiger partial charge is 0.255 e. The molecule has 3 heterocycles. The number of carbonyl (C=O) groups excluding carboxylic acids is 1. The van der Waals surface area contributed by atoms with E-state index in [2.05, 4.69) is 29.1 Å². The molecule has 5 rings (SSSR count). The summed E-state index contributed by atoms with van der Waals surface area (Å²) in [6.07, 6.45) is 4.34.